The van der Waals surface area contributed by atoms with Crippen LogP contribution in [0.5, 0.6) is 0 Å². The van der Waals surface area contributed by atoms with Gasteiger partial charge < -0.3 is 10.0 Å². The van der Waals surface area contributed by atoms with Crippen LogP contribution in [-0.4, -0.2) is 35.7 Å². The van der Waals surface area contributed by atoms with Gasteiger partial charge in [-0.25, -0.2) is 0 Å². The molecule has 2 aliphatic rings. The van der Waals surface area contributed by atoms with E-state index in [2.05, 4.69) is 25.8 Å². The number of hydrogen-bond acceptors (Lipinski definition) is 2. The van der Waals surface area contributed by atoms with Crippen LogP contribution in [0.4, 0.5) is 0 Å². The van der Waals surface area contributed by atoms with Crippen molar-refractivity contribution in [3.63, 3.8) is 0 Å². The smallest absolute Gasteiger partial charge is 0.0580 e. The maximum Gasteiger partial charge on any atom is 0.0580 e. The van der Waals surface area contributed by atoms with Gasteiger partial charge in [-0.15, -0.1) is 0 Å². The van der Waals surface area contributed by atoms with E-state index in [4.69, 9.17) is 0 Å². The van der Waals surface area contributed by atoms with E-state index in [1.54, 1.807) is 0 Å². The zero-order valence-corrected chi connectivity index (χ0v) is 12.4. The molecule has 2 nitrogen and oxygen atoms in total. The molecule has 0 spiro atoms. The van der Waals surface area contributed by atoms with E-state index in [9.17, 15) is 5.11 Å². The number of rotatable bonds is 3. The van der Waals surface area contributed by atoms with Crippen molar-refractivity contribution in [1.82, 2.24) is 4.90 Å². The average molecular weight is 253 g/mol. The van der Waals surface area contributed by atoms with Gasteiger partial charge in [0.1, 0.15) is 0 Å². The first kappa shape index (κ1) is 14.3. The second kappa shape index (κ2) is 6.38. The molecule has 2 saturated carbocycles. The average Bonchev–Trinajstić information content (AvgIpc) is 2.34. The molecule has 2 heteroatoms. The fraction of sp³-hybridized carbons (Fsp3) is 1.00. The first-order chi connectivity index (χ1) is 8.56. The quantitative estimate of drug-likeness (QED) is 0.834. The van der Waals surface area contributed by atoms with Crippen LogP contribution in [0.2, 0.25) is 0 Å². The van der Waals surface area contributed by atoms with Gasteiger partial charge in [-0.1, -0.05) is 26.7 Å². The first-order valence-electron chi connectivity index (χ1n) is 7.94. The van der Waals surface area contributed by atoms with Gasteiger partial charge in [-0.3, -0.25) is 0 Å². The number of hydrogen-bond donors (Lipinski definition) is 1. The molecule has 5 atom stereocenters. The molecular weight excluding hydrogens is 222 g/mol. The summed E-state index contributed by atoms with van der Waals surface area (Å²) in [5.41, 5.74) is 0. The molecule has 18 heavy (non-hydrogen) atoms. The predicted molar refractivity (Wildman–Crippen MR) is 76.6 cm³/mol. The fourth-order valence-electron chi connectivity index (χ4n) is 4.00. The van der Waals surface area contributed by atoms with Crippen molar-refractivity contribution in [1.29, 1.82) is 0 Å². The van der Waals surface area contributed by atoms with Crippen LogP contribution in [-0.2, 0) is 0 Å². The van der Waals surface area contributed by atoms with E-state index in [0.717, 1.165) is 30.8 Å². The fourth-order valence-corrected chi connectivity index (χ4v) is 4.00. The number of aliphatic hydroxyl groups is 1. The van der Waals surface area contributed by atoms with Crippen LogP contribution in [0, 0.1) is 17.8 Å². The van der Waals surface area contributed by atoms with Crippen LogP contribution in [0.25, 0.3) is 0 Å². The Labute approximate surface area is 113 Å². The number of nitrogens with zero attached hydrogens (tertiary/aromatic N) is 1. The molecule has 0 amide bonds. The molecule has 0 heterocycles. The molecule has 5 unspecified atom stereocenters. The third-order valence-electron chi connectivity index (χ3n) is 5.26. The van der Waals surface area contributed by atoms with E-state index in [1.807, 2.05) is 0 Å². The van der Waals surface area contributed by atoms with Gasteiger partial charge in [-0.05, 0) is 56.9 Å². The lowest BCUT2D eigenvalue weighted by atomic mass is 9.79. The lowest BCUT2D eigenvalue weighted by Gasteiger charge is -2.39. The molecule has 2 aliphatic carbocycles. The molecule has 0 aromatic heterocycles. The van der Waals surface area contributed by atoms with Crippen molar-refractivity contribution in [2.24, 2.45) is 17.8 Å². The second-order valence-electron chi connectivity index (χ2n) is 7.11. The van der Waals surface area contributed by atoms with Gasteiger partial charge in [-0.2, -0.15) is 0 Å². The van der Waals surface area contributed by atoms with Crippen molar-refractivity contribution in [2.75, 3.05) is 13.6 Å². The van der Waals surface area contributed by atoms with Crippen molar-refractivity contribution in [3.8, 4) is 0 Å². The van der Waals surface area contributed by atoms with Crippen molar-refractivity contribution < 1.29 is 5.11 Å². The standard InChI is InChI=1S/C16H31NO/c1-12-5-4-6-15(10-12)17(3)11-14-9-13(2)7-8-16(14)18/h12-16,18H,4-11H2,1-3H3. The van der Waals surface area contributed by atoms with E-state index in [-0.39, 0.29) is 6.10 Å². The Morgan fingerprint density at radius 3 is 2.44 bits per heavy atom. The zero-order chi connectivity index (χ0) is 13.1. The van der Waals surface area contributed by atoms with E-state index in [0.29, 0.717) is 5.92 Å². The van der Waals surface area contributed by atoms with Crippen molar-refractivity contribution in [3.05, 3.63) is 0 Å². The minimum Gasteiger partial charge on any atom is -0.393 e. The zero-order valence-electron chi connectivity index (χ0n) is 12.4. The number of aliphatic hydroxyl groups excluding tert-OH is 1. The topological polar surface area (TPSA) is 23.5 Å². The Balaban J connectivity index is 1.83. The van der Waals surface area contributed by atoms with Gasteiger partial charge in [0, 0.05) is 12.6 Å². The Kier molecular flexibility index (Phi) is 5.08. The summed E-state index contributed by atoms with van der Waals surface area (Å²) in [4.78, 5) is 2.54. The summed E-state index contributed by atoms with van der Waals surface area (Å²) in [7, 11) is 2.27. The van der Waals surface area contributed by atoms with Crippen LogP contribution in [0.1, 0.15) is 58.8 Å². The lowest BCUT2D eigenvalue weighted by Crippen LogP contribution is -2.42. The molecule has 0 bridgehead atoms. The maximum absolute atomic E-state index is 10.2. The molecule has 2 fully saturated rings. The Bertz CT molecular complexity index is 255. The summed E-state index contributed by atoms with van der Waals surface area (Å²) >= 11 is 0. The summed E-state index contributed by atoms with van der Waals surface area (Å²) in [6, 6.07) is 0.762. The van der Waals surface area contributed by atoms with Crippen molar-refractivity contribution >= 4 is 0 Å². The van der Waals surface area contributed by atoms with Crippen LogP contribution in [0.3, 0.4) is 0 Å². The van der Waals surface area contributed by atoms with Gasteiger partial charge in [0.2, 0.25) is 0 Å². The summed E-state index contributed by atoms with van der Waals surface area (Å²) in [5, 5.41) is 10.2. The maximum atomic E-state index is 10.2. The first-order valence-corrected chi connectivity index (χ1v) is 7.94. The van der Waals surface area contributed by atoms with E-state index in [1.165, 1.54) is 38.5 Å². The van der Waals surface area contributed by atoms with Crippen LogP contribution in [0.15, 0.2) is 0 Å². The molecule has 106 valence electrons. The van der Waals surface area contributed by atoms with Gasteiger partial charge in [0.15, 0.2) is 0 Å². The Morgan fingerprint density at radius 2 is 1.72 bits per heavy atom. The van der Waals surface area contributed by atoms with Crippen LogP contribution >= 0.6 is 0 Å². The molecule has 0 saturated heterocycles. The third kappa shape index (κ3) is 3.71. The highest BCUT2D eigenvalue weighted by Crippen LogP contribution is 2.32. The normalized spacial score (nSPS) is 42.2. The second-order valence-corrected chi connectivity index (χ2v) is 7.11. The minimum absolute atomic E-state index is 0.0512. The molecule has 2 rings (SSSR count). The highest BCUT2D eigenvalue weighted by molar-refractivity contribution is 4.83. The van der Waals surface area contributed by atoms with Crippen molar-refractivity contribution in [2.45, 2.75) is 70.9 Å². The predicted octanol–water partition coefficient (Wildman–Crippen LogP) is 3.29. The van der Waals surface area contributed by atoms with Gasteiger partial charge in [0.05, 0.1) is 6.10 Å². The molecule has 0 aromatic rings. The van der Waals surface area contributed by atoms with Crippen LogP contribution < -0.4 is 0 Å². The Morgan fingerprint density at radius 1 is 1.00 bits per heavy atom. The van der Waals surface area contributed by atoms with Gasteiger partial charge >= 0.3 is 0 Å². The van der Waals surface area contributed by atoms with Gasteiger partial charge in [0.25, 0.3) is 0 Å². The SMILES string of the molecule is CC1CCC(O)C(CN(C)C2CCCC(C)C2)C1. The summed E-state index contributed by atoms with van der Waals surface area (Å²) in [5.74, 6) is 2.20. The monoisotopic (exact) mass is 253 g/mol. The van der Waals surface area contributed by atoms with E-state index >= 15 is 0 Å². The summed E-state index contributed by atoms with van der Waals surface area (Å²) < 4.78 is 0. The summed E-state index contributed by atoms with van der Waals surface area (Å²) in [6.07, 6.45) is 8.90. The third-order valence-corrected chi connectivity index (χ3v) is 5.26. The molecule has 0 aliphatic heterocycles. The molecule has 0 aromatic carbocycles. The largest absolute Gasteiger partial charge is 0.393 e. The Hall–Kier alpha value is -0.0800. The summed E-state index contributed by atoms with van der Waals surface area (Å²) in [6.45, 7) is 5.82. The molecular formula is C16H31NO. The highest BCUT2D eigenvalue weighted by Gasteiger charge is 2.30. The molecule has 0 radical (unpaired) electrons. The highest BCUT2D eigenvalue weighted by atomic mass is 16.3. The molecule has 1 N–H and O–H groups in total. The minimum atomic E-state index is -0.0512. The lowest BCUT2D eigenvalue weighted by molar-refractivity contribution is 0.0221. The van der Waals surface area contributed by atoms with E-state index < -0.39 is 0 Å².